The number of piperidine rings is 1. The molecule has 1 aromatic heterocycles. The molecule has 1 amide bonds. The third-order valence-corrected chi connectivity index (χ3v) is 4.62. The maximum absolute atomic E-state index is 11.3. The quantitative estimate of drug-likeness (QED) is 0.863. The van der Waals surface area contributed by atoms with Crippen LogP contribution in [0.25, 0.3) is 11.0 Å². The van der Waals surface area contributed by atoms with Gasteiger partial charge in [-0.05, 0) is 42.9 Å². The number of fused-ring (bicyclic) bond motifs is 3. The van der Waals surface area contributed by atoms with Gasteiger partial charge in [0.05, 0.1) is 5.56 Å². The topological polar surface area (TPSA) is 68.3 Å². The monoisotopic (exact) mass is 256 g/mol. The van der Waals surface area contributed by atoms with Crippen molar-refractivity contribution in [3.63, 3.8) is 0 Å². The summed E-state index contributed by atoms with van der Waals surface area (Å²) in [6.07, 6.45) is 4.00. The fourth-order valence-corrected chi connectivity index (χ4v) is 3.69. The fraction of sp³-hybridized carbons (Fsp3) is 0.400. The van der Waals surface area contributed by atoms with Crippen LogP contribution in [0.4, 0.5) is 0 Å². The van der Waals surface area contributed by atoms with Crippen molar-refractivity contribution >= 4 is 16.9 Å². The molecule has 4 heteroatoms. The zero-order valence-electron chi connectivity index (χ0n) is 10.6. The summed E-state index contributed by atoms with van der Waals surface area (Å²) in [6.45, 7) is 1.16. The van der Waals surface area contributed by atoms with Crippen LogP contribution in [0.15, 0.2) is 28.9 Å². The maximum Gasteiger partial charge on any atom is 0.252 e. The molecule has 3 atom stereocenters. The number of carbonyl (C=O) groups excluding carboxylic acids is 1. The SMILES string of the molecule is NC(=O)c1coc2cc(C3CC4CNC3C4)ccc12. The second-order valence-electron chi connectivity index (χ2n) is 5.73. The van der Waals surface area contributed by atoms with E-state index in [4.69, 9.17) is 10.2 Å². The Labute approximate surface area is 111 Å². The largest absolute Gasteiger partial charge is 0.463 e. The average molecular weight is 256 g/mol. The number of primary amides is 1. The lowest BCUT2D eigenvalue weighted by Gasteiger charge is -2.23. The first-order chi connectivity index (χ1) is 9.22. The van der Waals surface area contributed by atoms with Crippen LogP contribution in [0.2, 0.25) is 0 Å². The van der Waals surface area contributed by atoms with E-state index in [-0.39, 0.29) is 0 Å². The Bertz CT molecular complexity index is 661. The fourth-order valence-electron chi connectivity index (χ4n) is 3.69. The van der Waals surface area contributed by atoms with Crippen LogP contribution in [0.5, 0.6) is 0 Å². The molecule has 1 aliphatic heterocycles. The third kappa shape index (κ3) is 1.60. The molecule has 1 aromatic carbocycles. The van der Waals surface area contributed by atoms with Crippen molar-refractivity contribution in [3.8, 4) is 0 Å². The minimum Gasteiger partial charge on any atom is -0.463 e. The summed E-state index contributed by atoms with van der Waals surface area (Å²) in [4.78, 5) is 11.3. The molecule has 2 heterocycles. The number of hydrogen-bond acceptors (Lipinski definition) is 3. The Morgan fingerprint density at radius 1 is 1.37 bits per heavy atom. The number of carbonyl (C=O) groups is 1. The van der Waals surface area contributed by atoms with Crippen molar-refractivity contribution in [1.29, 1.82) is 0 Å². The van der Waals surface area contributed by atoms with E-state index in [1.165, 1.54) is 24.7 Å². The Hall–Kier alpha value is -1.81. The molecule has 2 aromatic rings. The predicted molar refractivity (Wildman–Crippen MR) is 72.0 cm³/mol. The van der Waals surface area contributed by atoms with Crippen LogP contribution in [0.3, 0.4) is 0 Å². The lowest BCUT2D eigenvalue weighted by atomic mass is 9.91. The summed E-state index contributed by atoms with van der Waals surface area (Å²) in [5, 5.41) is 4.38. The van der Waals surface area contributed by atoms with E-state index < -0.39 is 5.91 Å². The highest BCUT2D eigenvalue weighted by atomic mass is 16.3. The number of benzene rings is 1. The molecule has 98 valence electrons. The Balaban J connectivity index is 1.75. The van der Waals surface area contributed by atoms with E-state index in [0.29, 0.717) is 17.5 Å². The molecule has 3 unspecified atom stereocenters. The van der Waals surface area contributed by atoms with Crippen LogP contribution in [-0.2, 0) is 0 Å². The molecule has 0 radical (unpaired) electrons. The van der Waals surface area contributed by atoms with Gasteiger partial charge in [-0.3, -0.25) is 4.79 Å². The molecule has 1 saturated heterocycles. The van der Waals surface area contributed by atoms with Gasteiger partial charge in [-0.15, -0.1) is 0 Å². The molecule has 1 saturated carbocycles. The molecule has 2 fully saturated rings. The number of furan rings is 1. The summed E-state index contributed by atoms with van der Waals surface area (Å²) < 4.78 is 5.47. The summed E-state index contributed by atoms with van der Waals surface area (Å²) in [5.74, 6) is 0.960. The van der Waals surface area contributed by atoms with E-state index in [1.807, 2.05) is 6.07 Å². The van der Waals surface area contributed by atoms with E-state index >= 15 is 0 Å². The molecule has 1 aliphatic carbocycles. The minimum absolute atomic E-state index is 0.437. The van der Waals surface area contributed by atoms with E-state index in [9.17, 15) is 4.79 Å². The van der Waals surface area contributed by atoms with Gasteiger partial charge in [-0.2, -0.15) is 0 Å². The average Bonchev–Trinajstić information content (AvgIpc) is 3.12. The third-order valence-electron chi connectivity index (χ3n) is 4.62. The number of amides is 1. The van der Waals surface area contributed by atoms with Gasteiger partial charge < -0.3 is 15.5 Å². The minimum atomic E-state index is -0.437. The van der Waals surface area contributed by atoms with Crippen molar-refractivity contribution in [2.45, 2.75) is 24.8 Å². The number of hydrogen-bond donors (Lipinski definition) is 2. The first-order valence-corrected chi connectivity index (χ1v) is 6.76. The van der Waals surface area contributed by atoms with Crippen LogP contribution >= 0.6 is 0 Å². The second-order valence-corrected chi connectivity index (χ2v) is 5.73. The van der Waals surface area contributed by atoms with Crippen LogP contribution < -0.4 is 11.1 Å². The van der Waals surface area contributed by atoms with Crippen molar-refractivity contribution in [2.75, 3.05) is 6.54 Å². The van der Waals surface area contributed by atoms with Gasteiger partial charge in [-0.25, -0.2) is 0 Å². The molecule has 2 bridgehead atoms. The number of nitrogens with one attached hydrogen (secondary N) is 1. The molecule has 4 rings (SSSR count). The van der Waals surface area contributed by atoms with Gasteiger partial charge in [-0.1, -0.05) is 12.1 Å². The van der Waals surface area contributed by atoms with Crippen molar-refractivity contribution in [1.82, 2.24) is 5.32 Å². The smallest absolute Gasteiger partial charge is 0.252 e. The van der Waals surface area contributed by atoms with Gasteiger partial charge in [0, 0.05) is 11.4 Å². The molecule has 3 N–H and O–H groups in total. The Morgan fingerprint density at radius 3 is 2.95 bits per heavy atom. The summed E-state index contributed by atoms with van der Waals surface area (Å²) >= 11 is 0. The standard InChI is InChI=1S/C15H16N2O2/c16-15(18)12-7-19-14-5-9(1-2-10(12)14)11-3-8-4-13(11)17-6-8/h1-2,5,7-8,11,13,17H,3-4,6H2,(H2,16,18). The first-order valence-electron chi connectivity index (χ1n) is 6.76. The number of rotatable bonds is 2. The van der Waals surface area contributed by atoms with Gasteiger partial charge in [0.25, 0.3) is 5.91 Å². The van der Waals surface area contributed by atoms with Crippen LogP contribution in [0.1, 0.15) is 34.7 Å². The van der Waals surface area contributed by atoms with Crippen LogP contribution in [0, 0.1) is 5.92 Å². The molecule has 2 aliphatic rings. The highest BCUT2D eigenvalue weighted by Crippen LogP contribution is 2.43. The Morgan fingerprint density at radius 2 is 2.26 bits per heavy atom. The normalized spacial score (nSPS) is 29.2. The van der Waals surface area contributed by atoms with Crippen LogP contribution in [-0.4, -0.2) is 18.5 Å². The number of nitrogens with two attached hydrogens (primary N) is 1. The van der Waals surface area contributed by atoms with E-state index in [0.717, 1.165) is 23.4 Å². The molecule has 0 spiro atoms. The van der Waals surface area contributed by atoms with Gasteiger partial charge in [0.1, 0.15) is 11.8 Å². The lowest BCUT2D eigenvalue weighted by molar-refractivity contribution is 0.100. The highest BCUT2D eigenvalue weighted by molar-refractivity contribution is 6.05. The summed E-state index contributed by atoms with van der Waals surface area (Å²) in [7, 11) is 0. The molecular formula is C15H16N2O2. The first kappa shape index (κ1) is 11.1. The highest BCUT2D eigenvalue weighted by Gasteiger charge is 2.40. The zero-order chi connectivity index (χ0) is 13.0. The zero-order valence-corrected chi connectivity index (χ0v) is 10.6. The maximum atomic E-state index is 11.3. The van der Waals surface area contributed by atoms with Gasteiger partial charge in [0.15, 0.2) is 0 Å². The molecule has 19 heavy (non-hydrogen) atoms. The Kier molecular flexibility index (Phi) is 2.23. The van der Waals surface area contributed by atoms with Crippen molar-refractivity contribution in [2.24, 2.45) is 11.7 Å². The van der Waals surface area contributed by atoms with Gasteiger partial charge >= 0.3 is 0 Å². The lowest BCUT2D eigenvalue weighted by Crippen LogP contribution is -2.31. The predicted octanol–water partition coefficient (Wildman–Crippen LogP) is 2.00. The molecular weight excluding hydrogens is 240 g/mol. The molecule has 4 nitrogen and oxygen atoms in total. The van der Waals surface area contributed by atoms with Crippen molar-refractivity contribution < 1.29 is 9.21 Å². The second kappa shape index (κ2) is 3.84. The summed E-state index contributed by atoms with van der Waals surface area (Å²) in [6, 6.07) is 6.74. The summed E-state index contributed by atoms with van der Waals surface area (Å²) in [5.41, 5.74) is 7.85. The van der Waals surface area contributed by atoms with Gasteiger partial charge in [0.2, 0.25) is 0 Å². The van der Waals surface area contributed by atoms with E-state index in [2.05, 4.69) is 17.4 Å². The van der Waals surface area contributed by atoms with E-state index in [1.54, 1.807) is 0 Å². The van der Waals surface area contributed by atoms with Crippen molar-refractivity contribution in [3.05, 3.63) is 35.6 Å².